The number of rotatable bonds is 9. The van der Waals surface area contributed by atoms with Gasteiger partial charge in [-0.3, -0.25) is 14.4 Å². The average Bonchev–Trinajstić information content (AvgIpc) is 2.96. The number of thioether (sulfide) groups is 1. The first-order valence-electron chi connectivity index (χ1n) is 12.5. The number of nitrogens with one attached hydrogen (secondary N) is 3. The van der Waals surface area contributed by atoms with Gasteiger partial charge in [0.05, 0.1) is 5.75 Å². The molecule has 0 spiro atoms. The summed E-state index contributed by atoms with van der Waals surface area (Å²) in [6, 6.07) is 29.2. The van der Waals surface area contributed by atoms with Crippen molar-refractivity contribution in [2.75, 3.05) is 16.4 Å². The second-order valence-electron chi connectivity index (χ2n) is 9.00. The van der Waals surface area contributed by atoms with E-state index in [-0.39, 0.29) is 17.4 Å². The number of anilines is 2. The molecule has 0 aliphatic carbocycles. The molecule has 0 aromatic heterocycles. The van der Waals surface area contributed by atoms with Gasteiger partial charge < -0.3 is 16.0 Å². The number of hydrogen-bond acceptors (Lipinski definition) is 4. The summed E-state index contributed by atoms with van der Waals surface area (Å²) in [7, 11) is 0. The third kappa shape index (κ3) is 8.18. The molecule has 4 rings (SSSR count). The summed E-state index contributed by atoms with van der Waals surface area (Å²) in [5, 5.41) is 8.57. The van der Waals surface area contributed by atoms with Crippen LogP contribution in [0.3, 0.4) is 0 Å². The molecule has 0 bridgehead atoms. The van der Waals surface area contributed by atoms with Crippen molar-refractivity contribution in [1.29, 1.82) is 0 Å². The van der Waals surface area contributed by atoms with Crippen LogP contribution in [0, 0.1) is 13.8 Å². The van der Waals surface area contributed by atoms with Crippen molar-refractivity contribution in [1.82, 2.24) is 5.32 Å². The molecule has 0 atom stereocenters. The fraction of sp³-hybridized carbons (Fsp3) is 0.0938. The third-order valence-corrected chi connectivity index (χ3v) is 7.57. The quantitative estimate of drug-likeness (QED) is 0.137. The highest BCUT2D eigenvalue weighted by atomic mass is 79.9. The van der Waals surface area contributed by atoms with Crippen LogP contribution in [0.15, 0.2) is 112 Å². The lowest BCUT2D eigenvalue weighted by atomic mass is 10.1. The highest BCUT2D eigenvalue weighted by molar-refractivity contribution is 9.10. The lowest BCUT2D eigenvalue weighted by Gasteiger charge is -2.13. The topological polar surface area (TPSA) is 87.3 Å². The molecular formula is C32H28BrN3O3S. The van der Waals surface area contributed by atoms with Gasteiger partial charge in [-0.05, 0) is 85.1 Å². The Kier molecular flexibility index (Phi) is 9.94. The Morgan fingerprint density at radius 3 is 2.30 bits per heavy atom. The van der Waals surface area contributed by atoms with E-state index in [1.54, 1.807) is 48.5 Å². The summed E-state index contributed by atoms with van der Waals surface area (Å²) in [5.41, 5.74) is 4.78. The maximum absolute atomic E-state index is 13.3. The van der Waals surface area contributed by atoms with Gasteiger partial charge in [-0.15, -0.1) is 11.8 Å². The first-order valence-corrected chi connectivity index (χ1v) is 14.3. The number of halogens is 1. The van der Waals surface area contributed by atoms with Crippen molar-refractivity contribution >= 4 is 62.9 Å². The fourth-order valence-corrected chi connectivity index (χ4v) is 4.77. The van der Waals surface area contributed by atoms with E-state index in [2.05, 4.69) is 31.9 Å². The van der Waals surface area contributed by atoms with E-state index in [0.717, 1.165) is 31.7 Å². The summed E-state index contributed by atoms with van der Waals surface area (Å²) in [4.78, 5) is 39.5. The van der Waals surface area contributed by atoms with Crippen molar-refractivity contribution in [2.24, 2.45) is 0 Å². The number of aryl methyl sites for hydroxylation is 1. The molecule has 4 aromatic carbocycles. The van der Waals surface area contributed by atoms with Crippen LogP contribution in [0.1, 0.15) is 27.0 Å². The molecule has 40 heavy (non-hydrogen) atoms. The van der Waals surface area contributed by atoms with Crippen LogP contribution in [0.4, 0.5) is 11.4 Å². The SMILES string of the molecule is Cc1cccc(NC(=O)CSc2cccc(NC(=O)/C(=C\c3ccc(Br)cc3)NC(=O)c3ccccc3)c2)c1C. The highest BCUT2D eigenvalue weighted by Crippen LogP contribution is 2.24. The van der Waals surface area contributed by atoms with Crippen LogP contribution in [0.25, 0.3) is 6.08 Å². The second-order valence-corrected chi connectivity index (χ2v) is 11.0. The molecule has 0 heterocycles. The maximum Gasteiger partial charge on any atom is 0.272 e. The average molecular weight is 615 g/mol. The first kappa shape index (κ1) is 28.9. The molecule has 6 nitrogen and oxygen atoms in total. The van der Waals surface area contributed by atoms with Crippen LogP contribution >= 0.6 is 27.7 Å². The van der Waals surface area contributed by atoms with Gasteiger partial charge in [-0.25, -0.2) is 0 Å². The van der Waals surface area contributed by atoms with Crippen molar-refractivity contribution in [3.8, 4) is 0 Å². The van der Waals surface area contributed by atoms with Crippen molar-refractivity contribution in [3.63, 3.8) is 0 Å². The molecule has 0 aliphatic rings. The van der Waals surface area contributed by atoms with Gasteiger partial charge in [-0.2, -0.15) is 0 Å². The minimum absolute atomic E-state index is 0.0992. The molecule has 0 fully saturated rings. The summed E-state index contributed by atoms with van der Waals surface area (Å²) >= 11 is 4.78. The Morgan fingerprint density at radius 2 is 1.55 bits per heavy atom. The van der Waals surface area contributed by atoms with E-state index < -0.39 is 11.8 Å². The zero-order chi connectivity index (χ0) is 28.5. The van der Waals surface area contributed by atoms with Gasteiger partial charge in [0.25, 0.3) is 11.8 Å². The van der Waals surface area contributed by atoms with Gasteiger partial charge in [0.15, 0.2) is 0 Å². The predicted octanol–water partition coefficient (Wildman–Crippen LogP) is 7.21. The van der Waals surface area contributed by atoms with Crippen LogP contribution in [-0.4, -0.2) is 23.5 Å². The fourth-order valence-electron chi connectivity index (χ4n) is 3.75. The minimum Gasteiger partial charge on any atom is -0.325 e. The highest BCUT2D eigenvalue weighted by Gasteiger charge is 2.16. The lowest BCUT2D eigenvalue weighted by Crippen LogP contribution is -2.30. The van der Waals surface area contributed by atoms with E-state index in [0.29, 0.717) is 11.3 Å². The van der Waals surface area contributed by atoms with Crippen LogP contribution in [0.5, 0.6) is 0 Å². The maximum atomic E-state index is 13.3. The van der Waals surface area contributed by atoms with Crippen LogP contribution < -0.4 is 16.0 Å². The molecule has 3 amide bonds. The molecule has 0 aliphatic heterocycles. The Bertz CT molecular complexity index is 1550. The van der Waals surface area contributed by atoms with E-state index in [9.17, 15) is 14.4 Å². The van der Waals surface area contributed by atoms with Gasteiger partial charge >= 0.3 is 0 Å². The molecule has 0 unspecified atom stereocenters. The number of carbonyl (C=O) groups is 3. The number of benzene rings is 4. The number of amides is 3. The molecule has 4 aromatic rings. The lowest BCUT2D eigenvalue weighted by molar-refractivity contribution is -0.114. The standard InChI is InChI=1S/C32H28BrN3O3S/c1-21-8-6-13-28(22(21)2)35-30(37)20-40-27-12-7-11-26(19-27)34-32(39)29(18-23-14-16-25(33)17-15-23)36-31(38)24-9-4-3-5-10-24/h3-19H,20H2,1-2H3,(H,34,39)(H,35,37)(H,36,38)/b29-18+. The van der Waals surface area contributed by atoms with Crippen molar-refractivity contribution in [3.05, 3.63) is 129 Å². The smallest absolute Gasteiger partial charge is 0.272 e. The van der Waals surface area contributed by atoms with E-state index in [1.807, 2.05) is 68.4 Å². The van der Waals surface area contributed by atoms with Crippen molar-refractivity contribution in [2.45, 2.75) is 18.7 Å². The molecule has 8 heteroatoms. The largest absolute Gasteiger partial charge is 0.325 e. The Morgan fingerprint density at radius 1 is 0.825 bits per heavy atom. The molecule has 0 saturated carbocycles. The zero-order valence-corrected chi connectivity index (χ0v) is 24.4. The summed E-state index contributed by atoms with van der Waals surface area (Å²) in [6.45, 7) is 3.98. The van der Waals surface area contributed by atoms with E-state index in [1.165, 1.54) is 11.8 Å². The van der Waals surface area contributed by atoms with E-state index in [4.69, 9.17) is 0 Å². The Balaban J connectivity index is 1.45. The molecule has 0 saturated heterocycles. The van der Waals surface area contributed by atoms with Gasteiger partial charge in [0.2, 0.25) is 5.91 Å². The normalized spacial score (nSPS) is 11.0. The van der Waals surface area contributed by atoms with Gasteiger partial charge in [0.1, 0.15) is 5.70 Å². The Hall–Kier alpha value is -4.14. The zero-order valence-electron chi connectivity index (χ0n) is 22.0. The monoisotopic (exact) mass is 613 g/mol. The second kappa shape index (κ2) is 13.8. The number of carbonyl (C=O) groups excluding carboxylic acids is 3. The molecule has 0 radical (unpaired) electrons. The third-order valence-electron chi connectivity index (χ3n) is 6.05. The van der Waals surface area contributed by atoms with Crippen LogP contribution in [-0.2, 0) is 9.59 Å². The minimum atomic E-state index is -0.470. The summed E-state index contributed by atoms with van der Waals surface area (Å²) in [5.74, 6) is -0.760. The Labute approximate surface area is 246 Å². The summed E-state index contributed by atoms with van der Waals surface area (Å²) in [6.07, 6.45) is 1.62. The molecule has 3 N–H and O–H groups in total. The van der Waals surface area contributed by atoms with Gasteiger partial charge in [-0.1, -0.05) is 64.5 Å². The molecule has 202 valence electrons. The van der Waals surface area contributed by atoms with Crippen molar-refractivity contribution < 1.29 is 14.4 Å². The number of hydrogen-bond donors (Lipinski definition) is 3. The van der Waals surface area contributed by atoms with Crippen LogP contribution in [0.2, 0.25) is 0 Å². The predicted molar refractivity (Wildman–Crippen MR) is 166 cm³/mol. The summed E-state index contributed by atoms with van der Waals surface area (Å²) < 4.78 is 0.904. The van der Waals surface area contributed by atoms with Gasteiger partial charge in [0, 0.05) is 26.3 Å². The molecular weight excluding hydrogens is 586 g/mol. The first-order chi connectivity index (χ1) is 19.3. The van der Waals surface area contributed by atoms with E-state index >= 15 is 0 Å².